The summed E-state index contributed by atoms with van der Waals surface area (Å²) in [5.41, 5.74) is -0.0649. The first kappa shape index (κ1) is 11.2. The van der Waals surface area contributed by atoms with E-state index in [1.54, 1.807) is 45.2 Å². The molecule has 0 radical (unpaired) electrons. The molecule has 0 amide bonds. The van der Waals surface area contributed by atoms with Crippen molar-refractivity contribution in [2.45, 2.75) is 6.43 Å². The van der Waals surface area contributed by atoms with E-state index in [9.17, 15) is 13.6 Å². The second kappa shape index (κ2) is 4.58. The molecule has 0 unspecified atom stereocenters. The van der Waals surface area contributed by atoms with Crippen LogP contribution in [0.5, 0.6) is 0 Å². The average Bonchev–Trinajstić information content (AvgIpc) is 2.08. The first-order valence-electron chi connectivity index (χ1n) is 3.15. The Labute approximate surface area is 100 Å². The molecule has 0 aliphatic heterocycles. The van der Waals surface area contributed by atoms with Crippen LogP contribution in [0.25, 0.3) is 0 Å². The summed E-state index contributed by atoms with van der Waals surface area (Å²) in [5.74, 6) is 0. The molecule has 0 bridgehead atoms. The maximum absolute atomic E-state index is 12.3. The van der Waals surface area contributed by atoms with E-state index in [0.29, 0.717) is 9.99 Å². The van der Waals surface area contributed by atoms with Crippen molar-refractivity contribution in [1.29, 1.82) is 0 Å². The van der Waals surface area contributed by atoms with Crippen molar-refractivity contribution >= 4 is 51.5 Å². The van der Waals surface area contributed by atoms with Gasteiger partial charge in [-0.15, -0.1) is 0 Å². The number of rotatable bonds is 2. The Balaban J connectivity index is 3.35. The molecule has 70 valence electrons. The fourth-order valence-electron chi connectivity index (χ4n) is 0.766. The normalized spacial score (nSPS) is 10.5. The first-order chi connectivity index (χ1) is 6.06. The van der Waals surface area contributed by atoms with Gasteiger partial charge in [-0.3, -0.25) is 4.79 Å². The van der Waals surface area contributed by atoms with Gasteiger partial charge < -0.3 is 0 Å². The van der Waals surface area contributed by atoms with Crippen LogP contribution in [0.4, 0.5) is 8.78 Å². The molecule has 0 atom stereocenters. The van der Waals surface area contributed by atoms with Gasteiger partial charge in [0, 0.05) is 5.56 Å². The number of aldehydes is 1. The van der Waals surface area contributed by atoms with Gasteiger partial charge in [0.2, 0.25) is 0 Å². The van der Waals surface area contributed by atoms with Gasteiger partial charge in [-0.2, -0.15) is 0 Å². The Morgan fingerprint density at radius 3 is 2.54 bits per heavy atom. The number of aromatic nitrogens is 1. The Bertz CT molecular complexity index is 344. The van der Waals surface area contributed by atoms with E-state index in [1.165, 1.54) is 6.07 Å². The van der Waals surface area contributed by atoms with E-state index < -0.39 is 6.43 Å². The molecule has 1 heterocycles. The maximum atomic E-state index is 12.3. The van der Waals surface area contributed by atoms with Gasteiger partial charge in [0.05, 0.1) is 3.57 Å². The van der Waals surface area contributed by atoms with Crippen LogP contribution in [0.3, 0.4) is 0 Å². The van der Waals surface area contributed by atoms with E-state index in [4.69, 9.17) is 0 Å². The lowest BCUT2D eigenvalue weighted by atomic mass is 10.2. The first-order valence-corrected chi connectivity index (χ1v) is 5.31. The van der Waals surface area contributed by atoms with Crippen LogP contribution in [0.2, 0.25) is 0 Å². The second-order valence-electron chi connectivity index (χ2n) is 2.15. The van der Waals surface area contributed by atoms with Gasteiger partial charge in [-0.25, -0.2) is 13.8 Å². The van der Waals surface area contributed by atoms with Crippen molar-refractivity contribution in [3.8, 4) is 0 Å². The molecule has 13 heavy (non-hydrogen) atoms. The van der Waals surface area contributed by atoms with E-state index in [1.807, 2.05) is 0 Å². The number of hydrogen-bond acceptors (Lipinski definition) is 2. The molecule has 0 aliphatic carbocycles. The SMILES string of the molecule is O=Cc1cc(I)nc(C(F)F)c1I. The van der Waals surface area contributed by atoms with Crippen LogP contribution < -0.4 is 0 Å². The number of hydrogen-bond donors (Lipinski definition) is 0. The van der Waals surface area contributed by atoms with Crippen molar-refractivity contribution in [2.75, 3.05) is 0 Å². The zero-order valence-corrected chi connectivity index (χ0v) is 10.4. The monoisotopic (exact) mass is 409 g/mol. The molecule has 6 heteroatoms. The summed E-state index contributed by atoms with van der Waals surface area (Å²) in [5, 5.41) is 0. The lowest BCUT2D eigenvalue weighted by molar-refractivity contribution is 0.112. The Morgan fingerprint density at radius 2 is 2.08 bits per heavy atom. The van der Waals surface area contributed by atoms with Crippen molar-refractivity contribution in [3.05, 3.63) is 24.6 Å². The average molecular weight is 409 g/mol. The minimum Gasteiger partial charge on any atom is -0.298 e. The van der Waals surface area contributed by atoms with Crippen LogP contribution in [0, 0.1) is 7.27 Å². The Morgan fingerprint density at radius 1 is 1.46 bits per heavy atom. The summed E-state index contributed by atoms with van der Waals surface area (Å²) < 4.78 is 25.3. The van der Waals surface area contributed by atoms with E-state index in [0.717, 1.165) is 0 Å². The molecule has 0 fully saturated rings. The van der Waals surface area contributed by atoms with Crippen LogP contribution in [0.1, 0.15) is 22.5 Å². The van der Waals surface area contributed by atoms with Crippen LogP contribution >= 0.6 is 45.2 Å². The van der Waals surface area contributed by atoms with Gasteiger partial charge in [-0.1, -0.05) is 0 Å². The molecule has 0 aliphatic rings. The highest BCUT2D eigenvalue weighted by Crippen LogP contribution is 2.25. The van der Waals surface area contributed by atoms with Crippen molar-refractivity contribution < 1.29 is 13.6 Å². The van der Waals surface area contributed by atoms with Crippen molar-refractivity contribution in [3.63, 3.8) is 0 Å². The van der Waals surface area contributed by atoms with Crippen molar-refractivity contribution in [1.82, 2.24) is 4.98 Å². The third-order valence-electron chi connectivity index (χ3n) is 1.31. The standard InChI is InChI=1S/C7H3F2I2NO/c8-7(9)6-5(11)3(2-13)1-4(10)12-6/h1-2,7H. The number of halogens is 4. The van der Waals surface area contributed by atoms with E-state index in [2.05, 4.69) is 4.98 Å². The zero-order valence-electron chi connectivity index (χ0n) is 6.10. The predicted molar refractivity (Wildman–Crippen MR) is 60.0 cm³/mol. The topological polar surface area (TPSA) is 30.0 Å². The molecule has 0 N–H and O–H groups in total. The van der Waals surface area contributed by atoms with Crippen LogP contribution in [0.15, 0.2) is 6.07 Å². The smallest absolute Gasteiger partial charge is 0.281 e. The predicted octanol–water partition coefficient (Wildman–Crippen LogP) is 3.04. The molecule has 2 nitrogen and oxygen atoms in total. The van der Waals surface area contributed by atoms with E-state index >= 15 is 0 Å². The number of carbonyl (C=O) groups excluding carboxylic acids is 1. The van der Waals surface area contributed by atoms with E-state index in [-0.39, 0.29) is 14.8 Å². The zero-order chi connectivity index (χ0) is 10.0. The second-order valence-corrected chi connectivity index (χ2v) is 4.34. The number of carbonyl (C=O) groups is 1. The Kier molecular flexibility index (Phi) is 3.95. The fraction of sp³-hybridized carbons (Fsp3) is 0.143. The Hall–Kier alpha value is 0.140. The highest BCUT2D eigenvalue weighted by atomic mass is 127. The molecule has 0 aromatic carbocycles. The summed E-state index contributed by atoms with van der Waals surface area (Å²) >= 11 is 3.49. The molecule has 0 saturated carbocycles. The van der Waals surface area contributed by atoms with Crippen LogP contribution in [-0.4, -0.2) is 11.3 Å². The van der Waals surface area contributed by atoms with Gasteiger partial charge in [0.25, 0.3) is 6.43 Å². The van der Waals surface area contributed by atoms with Crippen LogP contribution in [-0.2, 0) is 0 Å². The molecule has 0 saturated heterocycles. The minimum atomic E-state index is -2.64. The number of pyridine rings is 1. The lowest BCUT2D eigenvalue weighted by Crippen LogP contribution is -2.01. The molecule has 0 spiro atoms. The van der Waals surface area contributed by atoms with Gasteiger partial charge in [0.1, 0.15) is 9.39 Å². The third-order valence-corrected chi connectivity index (χ3v) is 3.04. The van der Waals surface area contributed by atoms with Gasteiger partial charge in [0.15, 0.2) is 6.29 Å². The summed E-state index contributed by atoms with van der Waals surface area (Å²) in [6.45, 7) is 0. The molecule has 1 aromatic rings. The third kappa shape index (κ3) is 2.55. The number of alkyl halides is 2. The molecule has 1 rings (SSSR count). The summed E-state index contributed by atoms with van der Waals surface area (Å²) in [6, 6.07) is 1.47. The summed E-state index contributed by atoms with van der Waals surface area (Å²) in [6.07, 6.45) is -2.09. The summed E-state index contributed by atoms with van der Waals surface area (Å²) in [4.78, 5) is 14.1. The summed E-state index contributed by atoms with van der Waals surface area (Å²) in [7, 11) is 0. The molecular formula is C7H3F2I2NO. The minimum absolute atomic E-state index is 0.225. The molecular weight excluding hydrogens is 406 g/mol. The highest BCUT2D eigenvalue weighted by Gasteiger charge is 2.17. The maximum Gasteiger partial charge on any atom is 0.281 e. The lowest BCUT2D eigenvalue weighted by Gasteiger charge is -2.04. The molecule has 1 aromatic heterocycles. The highest BCUT2D eigenvalue weighted by molar-refractivity contribution is 14.1. The largest absolute Gasteiger partial charge is 0.298 e. The van der Waals surface area contributed by atoms with Crippen molar-refractivity contribution in [2.24, 2.45) is 0 Å². The fourth-order valence-corrected chi connectivity index (χ4v) is 2.00. The quantitative estimate of drug-likeness (QED) is 0.427. The number of nitrogens with zero attached hydrogens (tertiary/aromatic N) is 1. The van der Waals surface area contributed by atoms with Gasteiger partial charge in [-0.05, 0) is 51.2 Å². The van der Waals surface area contributed by atoms with Gasteiger partial charge >= 0.3 is 0 Å².